The lowest BCUT2D eigenvalue weighted by molar-refractivity contribution is 0.620. The fraction of sp³-hybridized carbons (Fsp3) is 0.179. The normalized spacial score (nSPS) is 11.9. The molecule has 0 spiro atoms. The third-order valence-electron chi connectivity index (χ3n) is 6.11. The monoisotopic (exact) mass is 453 g/mol. The first kappa shape index (κ1) is 23.1. The number of rotatable bonds is 8. The molecular formula is C28H28FN5. The van der Waals surface area contributed by atoms with E-state index in [-0.39, 0.29) is 0 Å². The Morgan fingerprint density at radius 3 is 2.59 bits per heavy atom. The third kappa shape index (κ3) is 4.27. The third-order valence-corrected chi connectivity index (χ3v) is 6.11. The van der Waals surface area contributed by atoms with Crippen molar-refractivity contribution in [1.82, 2.24) is 15.0 Å². The van der Waals surface area contributed by atoms with Crippen LogP contribution in [0.25, 0.3) is 16.7 Å². The van der Waals surface area contributed by atoms with Crippen LogP contribution < -0.4 is 4.90 Å². The lowest BCUT2D eigenvalue weighted by atomic mass is 10.00. The van der Waals surface area contributed by atoms with E-state index in [4.69, 9.17) is 5.41 Å². The number of nitrogens with zero attached hydrogens (tertiary/aromatic N) is 4. The predicted octanol–water partition coefficient (Wildman–Crippen LogP) is 6.66. The molecule has 0 amide bonds. The van der Waals surface area contributed by atoms with Crippen LogP contribution in [0.4, 0.5) is 10.1 Å². The topological polar surface area (TPSA) is 57.8 Å². The average Bonchev–Trinajstić information content (AvgIpc) is 3.27. The molecule has 4 aromatic rings. The Morgan fingerprint density at radius 2 is 1.88 bits per heavy atom. The van der Waals surface area contributed by atoms with Gasteiger partial charge >= 0.3 is 0 Å². The SMILES string of the molecule is C=C/C(CC)=C(/c1c(F)cccc1N(C=N)Cc1ccc(C)c(C)c1)n1nnc2ccccc21. The molecule has 0 saturated carbocycles. The highest BCUT2D eigenvalue weighted by molar-refractivity contribution is 5.90. The van der Waals surface area contributed by atoms with Crippen LogP contribution >= 0.6 is 0 Å². The standard InChI is InChI=1S/C28H28FN5/c1-5-22(6-2)28(34-25-12-8-7-11-24(25)31-32-34)27-23(29)10-9-13-26(27)33(18-30)17-21-15-14-19(3)20(4)16-21/h5,7-16,18,30H,1,6,17H2,2-4H3/b28-22+,30-18?. The van der Waals surface area contributed by atoms with Gasteiger partial charge < -0.3 is 4.90 Å². The summed E-state index contributed by atoms with van der Waals surface area (Å²) < 4.78 is 17.3. The number of nitrogens with one attached hydrogen (secondary N) is 1. The number of hydrogen-bond acceptors (Lipinski definition) is 3. The van der Waals surface area contributed by atoms with Gasteiger partial charge in [-0.25, -0.2) is 9.07 Å². The fourth-order valence-electron chi connectivity index (χ4n) is 4.13. The average molecular weight is 454 g/mol. The van der Waals surface area contributed by atoms with Gasteiger partial charge in [0.1, 0.15) is 11.3 Å². The van der Waals surface area contributed by atoms with Crippen molar-refractivity contribution in [1.29, 1.82) is 5.41 Å². The summed E-state index contributed by atoms with van der Waals surface area (Å²) in [6.45, 7) is 10.5. The van der Waals surface area contributed by atoms with E-state index in [9.17, 15) is 0 Å². The maximum atomic E-state index is 15.6. The molecule has 0 atom stereocenters. The molecule has 0 saturated heterocycles. The molecule has 0 aliphatic rings. The first-order valence-electron chi connectivity index (χ1n) is 11.3. The largest absolute Gasteiger partial charge is 0.328 e. The molecule has 0 bridgehead atoms. The Balaban J connectivity index is 1.93. The van der Waals surface area contributed by atoms with Gasteiger partial charge in [0, 0.05) is 6.54 Å². The van der Waals surface area contributed by atoms with Gasteiger partial charge in [-0.1, -0.05) is 61.2 Å². The van der Waals surface area contributed by atoms with Crippen LogP contribution in [0.1, 0.15) is 35.6 Å². The Kier molecular flexibility index (Phi) is 6.68. The van der Waals surface area contributed by atoms with Crippen LogP contribution in [0.15, 0.2) is 78.9 Å². The van der Waals surface area contributed by atoms with Crippen molar-refractivity contribution in [2.75, 3.05) is 4.90 Å². The van der Waals surface area contributed by atoms with Crippen LogP contribution in [-0.2, 0) is 6.54 Å². The molecule has 6 heteroatoms. The summed E-state index contributed by atoms with van der Waals surface area (Å²) in [7, 11) is 0. The van der Waals surface area contributed by atoms with Crippen molar-refractivity contribution >= 4 is 28.8 Å². The van der Waals surface area contributed by atoms with Crippen LogP contribution in [0, 0.1) is 25.1 Å². The Labute approximate surface area is 199 Å². The molecule has 5 nitrogen and oxygen atoms in total. The first-order valence-corrected chi connectivity index (χ1v) is 11.3. The summed E-state index contributed by atoms with van der Waals surface area (Å²) in [6, 6.07) is 18.7. The Hall–Kier alpha value is -4.06. The van der Waals surface area contributed by atoms with Crippen molar-refractivity contribution in [3.05, 3.63) is 107 Å². The van der Waals surface area contributed by atoms with Crippen molar-refractivity contribution in [3.8, 4) is 0 Å². The summed E-state index contributed by atoms with van der Waals surface area (Å²) >= 11 is 0. The maximum absolute atomic E-state index is 15.6. The highest BCUT2D eigenvalue weighted by Crippen LogP contribution is 2.35. The molecule has 4 rings (SSSR count). The van der Waals surface area contributed by atoms with Crippen molar-refractivity contribution in [3.63, 3.8) is 0 Å². The number of allylic oxidation sites excluding steroid dienone is 2. The number of anilines is 1. The van der Waals surface area contributed by atoms with Gasteiger partial charge in [0.25, 0.3) is 0 Å². The Morgan fingerprint density at radius 1 is 1.09 bits per heavy atom. The zero-order chi connectivity index (χ0) is 24.2. The smallest absolute Gasteiger partial charge is 0.134 e. The summed E-state index contributed by atoms with van der Waals surface area (Å²) in [5.74, 6) is -0.396. The molecule has 172 valence electrons. The first-order chi connectivity index (χ1) is 16.5. The number of benzene rings is 3. The lowest BCUT2D eigenvalue weighted by Crippen LogP contribution is -2.23. The summed E-state index contributed by atoms with van der Waals surface area (Å²) in [5, 5.41) is 16.8. The molecule has 1 aromatic heterocycles. The minimum absolute atomic E-state index is 0.363. The highest BCUT2D eigenvalue weighted by atomic mass is 19.1. The van der Waals surface area contributed by atoms with E-state index in [2.05, 4.69) is 42.9 Å². The van der Waals surface area contributed by atoms with Gasteiger partial charge in [0.15, 0.2) is 0 Å². The quantitative estimate of drug-likeness (QED) is 0.184. The fourth-order valence-corrected chi connectivity index (χ4v) is 4.13. The minimum atomic E-state index is -0.396. The maximum Gasteiger partial charge on any atom is 0.134 e. The van der Waals surface area contributed by atoms with Crippen molar-refractivity contribution < 1.29 is 4.39 Å². The molecular weight excluding hydrogens is 425 g/mol. The molecule has 0 aliphatic heterocycles. The molecule has 0 fully saturated rings. The van der Waals surface area contributed by atoms with Gasteiger partial charge in [0.05, 0.1) is 28.8 Å². The number of aromatic nitrogens is 3. The van der Waals surface area contributed by atoms with E-state index in [0.29, 0.717) is 29.9 Å². The molecule has 0 radical (unpaired) electrons. The number of para-hydroxylation sites is 1. The molecule has 0 aliphatic carbocycles. The van der Waals surface area contributed by atoms with Crippen LogP contribution in [-0.4, -0.2) is 21.3 Å². The zero-order valence-electron chi connectivity index (χ0n) is 19.7. The minimum Gasteiger partial charge on any atom is -0.328 e. The van der Waals surface area contributed by atoms with E-state index in [0.717, 1.165) is 22.2 Å². The van der Waals surface area contributed by atoms with Crippen LogP contribution in [0.3, 0.4) is 0 Å². The Bertz CT molecular complexity index is 1400. The highest BCUT2D eigenvalue weighted by Gasteiger charge is 2.23. The van der Waals surface area contributed by atoms with E-state index < -0.39 is 5.82 Å². The molecule has 34 heavy (non-hydrogen) atoms. The van der Waals surface area contributed by atoms with E-state index in [1.807, 2.05) is 43.3 Å². The number of fused-ring (bicyclic) bond motifs is 1. The van der Waals surface area contributed by atoms with Gasteiger partial charge in [-0.3, -0.25) is 5.41 Å². The van der Waals surface area contributed by atoms with Gasteiger partial charge in [-0.15, -0.1) is 5.10 Å². The zero-order valence-corrected chi connectivity index (χ0v) is 19.7. The molecule has 3 aromatic carbocycles. The number of aryl methyl sites for hydroxylation is 2. The van der Waals surface area contributed by atoms with Crippen molar-refractivity contribution in [2.45, 2.75) is 33.7 Å². The van der Waals surface area contributed by atoms with Crippen molar-refractivity contribution in [2.24, 2.45) is 0 Å². The molecule has 1 N–H and O–H groups in total. The van der Waals surface area contributed by atoms with Crippen LogP contribution in [0.5, 0.6) is 0 Å². The van der Waals surface area contributed by atoms with Gasteiger partial charge in [-0.2, -0.15) is 0 Å². The van der Waals surface area contributed by atoms with E-state index in [1.54, 1.807) is 21.7 Å². The van der Waals surface area contributed by atoms with Gasteiger partial charge in [0.2, 0.25) is 0 Å². The van der Waals surface area contributed by atoms with E-state index >= 15 is 4.39 Å². The molecule has 0 unspecified atom stereocenters. The summed E-state index contributed by atoms with van der Waals surface area (Å²) in [4.78, 5) is 1.75. The van der Waals surface area contributed by atoms with Gasteiger partial charge in [-0.05, 0) is 66.8 Å². The number of halogens is 1. The number of hydrogen-bond donors (Lipinski definition) is 1. The summed E-state index contributed by atoms with van der Waals surface area (Å²) in [6.07, 6.45) is 3.60. The summed E-state index contributed by atoms with van der Waals surface area (Å²) in [5.41, 5.74) is 7.27. The second-order valence-corrected chi connectivity index (χ2v) is 8.23. The van der Waals surface area contributed by atoms with Crippen LogP contribution in [0.2, 0.25) is 0 Å². The molecule has 1 heterocycles. The van der Waals surface area contributed by atoms with E-state index in [1.165, 1.54) is 23.5 Å². The second kappa shape index (κ2) is 9.83. The lowest BCUT2D eigenvalue weighted by Gasteiger charge is -2.25. The second-order valence-electron chi connectivity index (χ2n) is 8.23. The predicted molar refractivity (Wildman–Crippen MR) is 138 cm³/mol.